The Morgan fingerprint density at radius 3 is 2.34 bits per heavy atom. The zero-order chi connectivity index (χ0) is 24.1. The fourth-order valence-electron chi connectivity index (χ4n) is 3.21. The third kappa shape index (κ3) is 3.82. The van der Waals surface area contributed by atoms with Crippen LogP contribution in [0.3, 0.4) is 0 Å². The lowest BCUT2D eigenvalue weighted by Crippen LogP contribution is -2.62. The summed E-state index contributed by atoms with van der Waals surface area (Å²) in [6, 6.07) is 2.23. The minimum Gasteiger partial charge on any atom is -0.448 e. The van der Waals surface area contributed by atoms with Gasteiger partial charge in [0.15, 0.2) is 5.69 Å². The summed E-state index contributed by atoms with van der Waals surface area (Å²) in [6.45, 7) is 3.14. The van der Waals surface area contributed by atoms with Crippen molar-refractivity contribution in [3.05, 3.63) is 53.4 Å². The van der Waals surface area contributed by atoms with E-state index < -0.39 is 57.9 Å². The number of aromatic nitrogens is 2. The minimum absolute atomic E-state index is 0.146. The predicted octanol–water partition coefficient (Wildman–Crippen LogP) is 3.86. The number of hydrogen-bond acceptors (Lipinski definition) is 6. The summed E-state index contributed by atoms with van der Waals surface area (Å²) in [6.07, 6.45) is -3.78. The highest BCUT2D eigenvalue weighted by atomic mass is 19.4. The fraction of sp³-hybridized carbons (Fsp3) is 0.368. The van der Waals surface area contributed by atoms with Crippen molar-refractivity contribution in [1.29, 1.82) is 0 Å². The number of anilines is 1. The van der Waals surface area contributed by atoms with E-state index in [2.05, 4.69) is 20.3 Å². The Balaban J connectivity index is 1.94. The molecule has 0 bridgehead atoms. The van der Waals surface area contributed by atoms with E-state index in [1.165, 1.54) is 0 Å². The molecule has 1 atom stereocenters. The second-order valence-electron chi connectivity index (χ2n) is 7.65. The molecule has 172 valence electrons. The van der Waals surface area contributed by atoms with Gasteiger partial charge in [0, 0.05) is 11.3 Å². The molecule has 2 aromatic rings. The molecule has 1 aliphatic rings. The maximum Gasteiger partial charge on any atom is 0.434 e. The molecule has 1 aromatic carbocycles. The number of alkyl halides is 5. The fourth-order valence-corrected chi connectivity index (χ4v) is 3.21. The third-order valence-electron chi connectivity index (χ3n) is 4.98. The highest BCUT2D eigenvalue weighted by Gasteiger charge is 2.66. The predicted molar refractivity (Wildman–Crippen MR) is 100 cm³/mol. The van der Waals surface area contributed by atoms with Crippen molar-refractivity contribution in [3.63, 3.8) is 0 Å². The third-order valence-corrected chi connectivity index (χ3v) is 4.98. The molecule has 7 nitrogen and oxygen atoms in total. The molecule has 13 heteroatoms. The lowest BCUT2D eigenvalue weighted by molar-refractivity contribution is -0.215. The molecule has 3 rings (SSSR count). The Morgan fingerprint density at radius 2 is 1.78 bits per heavy atom. The average molecular weight is 461 g/mol. The number of benzene rings is 1. The van der Waals surface area contributed by atoms with Crippen molar-refractivity contribution in [3.8, 4) is 0 Å². The number of nitrogens with zero attached hydrogens (tertiary/aromatic N) is 3. The molecule has 0 spiro atoms. The molecule has 1 aliphatic heterocycles. The quantitative estimate of drug-likeness (QED) is 0.676. The van der Waals surface area contributed by atoms with E-state index in [4.69, 9.17) is 10.5 Å². The van der Waals surface area contributed by atoms with Gasteiger partial charge in [-0.05, 0) is 39.0 Å². The number of carbonyl (C=O) groups is 1. The Hall–Kier alpha value is -3.38. The van der Waals surface area contributed by atoms with Gasteiger partial charge in [0.1, 0.15) is 17.1 Å². The number of amidine groups is 1. The van der Waals surface area contributed by atoms with Crippen LogP contribution in [0.1, 0.15) is 42.5 Å². The Labute approximate surface area is 177 Å². The van der Waals surface area contributed by atoms with Gasteiger partial charge in [0.2, 0.25) is 5.60 Å². The van der Waals surface area contributed by atoms with Crippen LogP contribution in [0.5, 0.6) is 0 Å². The van der Waals surface area contributed by atoms with Crippen LogP contribution in [-0.2, 0) is 16.5 Å². The summed E-state index contributed by atoms with van der Waals surface area (Å²) < 4.78 is 87.8. The molecule has 3 N–H and O–H groups in total. The van der Waals surface area contributed by atoms with Gasteiger partial charge in [-0.15, -0.1) is 0 Å². The van der Waals surface area contributed by atoms with E-state index in [0.717, 1.165) is 39.0 Å². The number of hydrogen-bond donors (Lipinski definition) is 2. The van der Waals surface area contributed by atoms with Crippen molar-refractivity contribution < 1.29 is 35.9 Å². The van der Waals surface area contributed by atoms with Crippen LogP contribution in [0, 0.1) is 5.82 Å². The van der Waals surface area contributed by atoms with Gasteiger partial charge in [0.25, 0.3) is 11.9 Å². The number of aliphatic imine (C=N–C) groups is 1. The van der Waals surface area contributed by atoms with Gasteiger partial charge in [-0.3, -0.25) is 4.79 Å². The summed E-state index contributed by atoms with van der Waals surface area (Å²) in [7, 11) is 0. The molecular weight excluding hydrogens is 444 g/mol. The van der Waals surface area contributed by atoms with E-state index in [-0.39, 0.29) is 5.69 Å². The number of amides is 1. The highest BCUT2D eigenvalue weighted by molar-refractivity contribution is 6.02. The zero-order valence-electron chi connectivity index (χ0n) is 16.9. The van der Waals surface area contributed by atoms with Gasteiger partial charge in [-0.25, -0.2) is 19.4 Å². The monoisotopic (exact) mass is 461 g/mol. The summed E-state index contributed by atoms with van der Waals surface area (Å²) >= 11 is 0. The van der Waals surface area contributed by atoms with Gasteiger partial charge >= 0.3 is 12.1 Å². The molecule has 0 fully saturated rings. The smallest absolute Gasteiger partial charge is 0.434 e. The summed E-state index contributed by atoms with van der Waals surface area (Å²) in [5.74, 6) is -5.79. The normalized spacial score (nSPS) is 22.0. The highest BCUT2D eigenvalue weighted by Crippen LogP contribution is 2.51. The number of carbonyl (C=O) groups excluding carboxylic acids is 1. The molecule has 2 heterocycles. The molecule has 0 aliphatic carbocycles. The van der Waals surface area contributed by atoms with E-state index >= 15 is 8.78 Å². The zero-order valence-corrected chi connectivity index (χ0v) is 16.9. The molecule has 0 saturated heterocycles. The Morgan fingerprint density at radius 1 is 1.12 bits per heavy atom. The van der Waals surface area contributed by atoms with Crippen LogP contribution < -0.4 is 11.1 Å². The second-order valence-corrected chi connectivity index (χ2v) is 7.65. The summed E-state index contributed by atoms with van der Waals surface area (Å²) in [5.41, 5.74) is -1.63. The van der Waals surface area contributed by atoms with Crippen LogP contribution in [0.2, 0.25) is 0 Å². The number of ether oxygens (including phenoxy) is 1. The number of rotatable bonds is 3. The van der Waals surface area contributed by atoms with Crippen LogP contribution >= 0.6 is 0 Å². The summed E-state index contributed by atoms with van der Waals surface area (Å²) in [4.78, 5) is 22.4. The second kappa shape index (κ2) is 7.35. The maximum atomic E-state index is 15.2. The lowest BCUT2D eigenvalue weighted by atomic mass is 9.78. The largest absolute Gasteiger partial charge is 0.448 e. The van der Waals surface area contributed by atoms with Crippen molar-refractivity contribution >= 4 is 17.6 Å². The van der Waals surface area contributed by atoms with Crippen LogP contribution in [0.4, 0.5) is 32.0 Å². The SMILES string of the molecule is CC1(C)N=C(N)O[C@](C)(c2cc(NC(=O)c3cnc(C(F)(F)F)cn3)ccc2F)C1(F)F. The van der Waals surface area contributed by atoms with Crippen molar-refractivity contribution in [2.45, 2.75) is 44.0 Å². The van der Waals surface area contributed by atoms with Crippen molar-refractivity contribution in [1.82, 2.24) is 9.97 Å². The van der Waals surface area contributed by atoms with E-state index in [0.29, 0.717) is 12.4 Å². The molecular formula is C19H17F6N5O2. The average Bonchev–Trinajstić information content (AvgIpc) is 2.67. The number of halogens is 6. The Bertz CT molecular complexity index is 1080. The molecule has 0 unspecified atom stereocenters. The first-order chi connectivity index (χ1) is 14.6. The molecule has 0 radical (unpaired) electrons. The Kier molecular flexibility index (Phi) is 5.35. The minimum atomic E-state index is -4.74. The molecule has 1 amide bonds. The van der Waals surface area contributed by atoms with Gasteiger partial charge < -0.3 is 15.8 Å². The van der Waals surface area contributed by atoms with E-state index in [1.807, 2.05) is 0 Å². The molecule has 1 aromatic heterocycles. The number of nitrogens with one attached hydrogen (secondary N) is 1. The molecule has 0 saturated carbocycles. The van der Waals surface area contributed by atoms with Crippen LogP contribution in [0.25, 0.3) is 0 Å². The van der Waals surface area contributed by atoms with Crippen molar-refractivity contribution in [2.24, 2.45) is 10.7 Å². The number of nitrogens with two attached hydrogens (primary N) is 1. The molecule has 32 heavy (non-hydrogen) atoms. The van der Waals surface area contributed by atoms with Crippen molar-refractivity contribution in [2.75, 3.05) is 5.32 Å². The van der Waals surface area contributed by atoms with Crippen LogP contribution in [-0.4, -0.2) is 33.4 Å². The first kappa shape index (κ1) is 23.3. The van der Waals surface area contributed by atoms with E-state index in [9.17, 15) is 22.4 Å². The first-order valence-corrected chi connectivity index (χ1v) is 9.01. The standard InChI is InChI=1S/C19H17F6N5O2/c1-16(2)19(24,25)17(3,32-15(26)30-16)10-6-9(4-5-11(10)20)29-14(31)12-7-28-13(8-27-12)18(21,22)23/h4-8H,1-3H3,(H2,26,30)(H,29,31)/t17-/m1/s1. The maximum absolute atomic E-state index is 15.2. The first-order valence-electron chi connectivity index (χ1n) is 9.01. The van der Waals surface area contributed by atoms with Gasteiger partial charge in [-0.2, -0.15) is 22.0 Å². The van der Waals surface area contributed by atoms with E-state index in [1.54, 1.807) is 0 Å². The van der Waals surface area contributed by atoms with Gasteiger partial charge in [0.05, 0.1) is 12.4 Å². The topological polar surface area (TPSA) is 102 Å². The van der Waals surface area contributed by atoms with Crippen LogP contribution in [0.15, 0.2) is 35.6 Å². The van der Waals surface area contributed by atoms with Gasteiger partial charge in [-0.1, -0.05) is 0 Å². The summed E-state index contributed by atoms with van der Waals surface area (Å²) in [5, 5.41) is 2.25. The lowest BCUT2D eigenvalue weighted by Gasteiger charge is -2.47.